The quantitative estimate of drug-likeness (QED) is 0.910. The molecule has 6 heteroatoms. The van der Waals surface area contributed by atoms with Crippen LogP contribution in [0, 0.1) is 0 Å². The molecule has 1 N–H and O–H groups in total. The van der Waals surface area contributed by atoms with Gasteiger partial charge in [0, 0.05) is 25.6 Å². The fraction of sp³-hybridized carbons (Fsp3) is 0.357. The molecule has 0 amide bonds. The smallest absolute Gasteiger partial charge is 0.204 e. The molecular weight excluding hydrogens is 320 g/mol. The molecule has 0 aliphatic rings. The average molecular weight is 339 g/mol. The van der Waals surface area contributed by atoms with E-state index in [-0.39, 0.29) is 0 Å². The first-order chi connectivity index (χ1) is 9.52. The Morgan fingerprint density at radius 3 is 2.75 bits per heavy atom. The highest BCUT2D eigenvalue weighted by Gasteiger charge is 2.09. The molecule has 2 rings (SSSR count). The molecule has 1 aromatic heterocycles. The van der Waals surface area contributed by atoms with Gasteiger partial charge in [-0.2, -0.15) is 0 Å². The van der Waals surface area contributed by atoms with Crippen molar-refractivity contribution in [3.8, 4) is 5.75 Å². The van der Waals surface area contributed by atoms with E-state index in [4.69, 9.17) is 4.74 Å². The lowest BCUT2D eigenvalue weighted by Crippen LogP contribution is -2.15. The third-order valence-corrected chi connectivity index (χ3v) is 3.57. The highest BCUT2D eigenvalue weighted by molar-refractivity contribution is 9.10. The Kier molecular flexibility index (Phi) is 4.54. The molecule has 0 fully saturated rings. The lowest BCUT2D eigenvalue weighted by molar-refractivity contribution is 0.416. The van der Waals surface area contributed by atoms with Crippen LogP contribution in [0.1, 0.15) is 5.69 Å². The summed E-state index contributed by atoms with van der Waals surface area (Å²) < 4.78 is 8.43. The van der Waals surface area contributed by atoms with Crippen LogP contribution < -0.4 is 15.0 Å². The Hall–Kier alpha value is -1.69. The van der Waals surface area contributed by atoms with Gasteiger partial charge in [0.2, 0.25) is 5.95 Å². The van der Waals surface area contributed by atoms with E-state index in [1.165, 1.54) is 0 Å². The molecule has 0 spiro atoms. The normalized spacial score (nSPS) is 10.4. The lowest BCUT2D eigenvalue weighted by Gasteiger charge is -2.14. The van der Waals surface area contributed by atoms with Crippen molar-refractivity contribution in [2.45, 2.75) is 6.54 Å². The summed E-state index contributed by atoms with van der Waals surface area (Å²) in [6.07, 6.45) is 1.88. The monoisotopic (exact) mass is 338 g/mol. The van der Waals surface area contributed by atoms with Crippen molar-refractivity contribution < 1.29 is 4.74 Å². The highest BCUT2D eigenvalue weighted by atomic mass is 79.9. The summed E-state index contributed by atoms with van der Waals surface area (Å²) in [6.45, 7) is 0.685. The van der Waals surface area contributed by atoms with Gasteiger partial charge in [-0.1, -0.05) is 15.9 Å². The van der Waals surface area contributed by atoms with E-state index in [0.717, 1.165) is 27.6 Å². The number of aromatic nitrogens is 2. The minimum Gasteiger partial charge on any atom is -0.495 e. The van der Waals surface area contributed by atoms with Gasteiger partial charge in [-0.3, -0.25) is 0 Å². The van der Waals surface area contributed by atoms with Crippen LogP contribution in [-0.4, -0.2) is 30.8 Å². The van der Waals surface area contributed by atoms with Gasteiger partial charge in [-0.25, -0.2) is 4.98 Å². The Morgan fingerprint density at radius 1 is 1.40 bits per heavy atom. The number of nitrogens with zero attached hydrogens (tertiary/aromatic N) is 3. The first kappa shape index (κ1) is 14.7. The number of hydrogen-bond donors (Lipinski definition) is 1. The number of anilines is 2. The number of ether oxygens (including phenoxy) is 1. The maximum atomic E-state index is 5.35. The van der Waals surface area contributed by atoms with Crippen molar-refractivity contribution in [1.82, 2.24) is 9.55 Å². The summed E-state index contributed by atoms with van der Waals surface area (Å²) in [7, 11) is 7.65. The molecular formula is C14H19BrN4O. The molecule has 5 nitrogen and oxygen atoms in total. The molecule has 0 saturated heterocycles. The van der Waals surface area contributed by atoms with E-state index < -0.39 is 0 Å². The van der Waals surface area contributed by atoms with E-state index in [9.17, 15) is 0 Å². The van der Waals surface area contributed by atoms with Crippen LogP contribution >= 0.6 is 15.9 Å². The number of benzene rings is 1. The fourth-order valence-electron chi connectivity index (χ4n) is 2.02. The van der Waals surface area contributed by atoms with Gasteiger partial charge in [0.1, 0.15) is 5.75 Å². The minimum atomic E-state index is 0.685. The van der Waals surface area contributed by atoms with Crippen molar-refractivity contribution in [2.75, 3.05) is 31.4 Å². The third-order valence-electron chi connectivity index (χ3n) is 3.08. The second-order valence-corrected chi connectivity index (χ2v) is 5.62. The van der Waals surface area contributed by atoms with Crippen molar-refractivity contribution >= 4 is 27.6 Å². The Labute approximate surface area is 127 Å². The first-order valence-electron chi connectivity index (χ1n) is 6.28. The molecule has 0 unspecified atom stereocenters. The largest absolute Gasteiger partial charge is 0.495 e. The van der Waals surface area contributed by atoms with Crippen LogP contribution in [0.15, 0.2) is 28.9 Å². The van der Waals surface area contributed by atoms with E-state index in [1.54, 1.807) is 7.11 Å². The van der Waals surface area contributed by atoms with Crippen LogP contribution in [0.25, 0.3) is 0 Å². The highest BCUT2D eigenvalue weighted by Crippen LogP contribution is 2.28. The topological polar surface area (TPSA) is 42.3 Å². The first-order valence-corrected chi connectivity index (χ1v) is 7.07. The van der Waals surface area contributed by atoms with Gasteiger partial charge < -0.3 is 19.5 Å². The summed E-state index contributed by atoms with van der Waals surface area (Å²) in [4.78, 5) is 6.39. The van der Waals surface area contributed by atoms with Crippen molar-refractivity contribution in [3.63, 3.8) is 0 Å². The van der Waals surface area contributed by atoms with Crippen molar-refractivity contribution in [3.05, 3.63) is 34.6 Å². The molecule has 1 heterocycles. The number of imidazole rings is 1. The molecule has 0 atom stereocenters. The molecule has 1 aromatic carbocycles. The van der Waals surface area contributed by atoms with E-state index in [0.29, 0.717) is 6.54 Å². The summed E-state index contributed by atoms with van der Waals surface area (Å²) in [5.41, 5.74) is 2.06. The fourth-order valence-corrected chi connectivity index (χ4v) is 2.38. The SMILES string of the molecule is COc1ccc(Br)cc1NCc1cnc(N(C)C)n1C. The van der Waals surface area contributed by atoms with Gasteiger partial charge in [-0.15, -0.1) is 0 Å². The van der Waals surface area contributed by atoms with Gasteiger partial charge in [0.25, 0.3) is 0 Å². The molecule has 0 radical (unpaired) electrons. The maximum Gasteiger partial charge on any atom is 0.204 e. The summed E-state index contributed by atoms with van der Waals surface area (Å²) in [5.74, 6) is 1.76. The van der Waals surface area contributed by atoms with Crippen LogP contribution in [0.4, 0.5) is 11.6 Å². The van der Waals surface area contributed by atoms with Crippen LogP contribution in [0.2, 0.25) is 0 Å². The predicted octanol–water partition coefficient (Wildman–Crippen LogP) is 2.87. The van der Waals surface area contributed by atoms with Gasteiger partial charge >= 0.3 is 0 Å². The van der Waals surface area contributed by atoms with Crippen LogP contribution in [0.5, 0.6) is 5.75 Å². The van der Waals surface area contributed by atoms with E-state index in [1.807, 2.05) is 50.4 Å². The minimum absolute atomic E-state index is 0.685. The number of nitrogens with one attached hydrogen (secondary N) is 1. The second kappa shape index (κ2) is 6.17. The second-order valence-electron chi connectivity index (χ2n) is 4.70. The van der Waals surface area contributed by atoms with Gasteiger partial charge in [-0.05, 0) is 18.2 Å². The Morgan fingerprint density at radius 2 is 2.15 bits per heavy atom. The molecule has 0 saturated carbocycles. The zero-order valence-electron chi connectivity index (χ0n) is 12.1. The van der Waals surface area contributed by atoms with Crippen LogP contribution in [-0.2, 0) is 13.6 Å². The van der Waals surface area contributed by atoms with E-state index in [2.05, 4.69) is 30.8 Å². The number of rotatable bonds is 5. The molecule has 0 aliphatic heterocycles. The standard InChI is InChI=1S/C14H19BrN4O/c1-18(2)14-17-9-11(19(14)3)8-16-12-7-10(15)5-6-13(12)20-4/h5-7,9,16H,8H2,1-4H3. The summed E-state index contributed by atoms with van der Waals surface area (Å²) >= 11 is 3.47. The molecule has 0 aliphatic carbocycles. The number of hydrogen-bond acceptors (Lipinski definition) is 4. The zero-order valence-corrected chi connectivity index (χ0v) is 13.7. The number of halogens is 1. The summed E-state index contributed by atoms with van der Waals surface area (Å²) in [6, 6.07) is 5.89. The number of methoxy groups -OCH3 is 1. The van der Waals surface area contributed by atoms with Crippen molar-refractivity contribution in [2.24, 2.45) is 7.05 Å². The zero-order chi connectivity index (χ0) is 14.7. The molecule has 0 bridgehead atoms. The van der Waals surface area contributed by atoms with Crippen LogP contribution in [0.3, 0.4) is 0 Å². The predicted molar refractivity (Wildman–Crippen MR) is 85.6 cm³/mol. The lowest BCUT2D eigenvalue weighted by atomic mass is 10.3. The maximum absolute atomic E-state index is 5.35. The van der Waals surface area contributed by atoms with Gasteiger partial charge in [0.15, 0.2) is 0 Å². The van der Waals surface area contributed by atoms with Crippen molar-refractivity contribution in [1.29, 1.82) is 0 Å². The average Bonchev–Trinajstić information content (AvgIpc) is 2.78. The Balaban J connectivity index is 2.15. The Bertz CT molecular complexity index is 595. The molecule has 20 heavy (non-hydrogen) atoms. The third kappa shape index (κ3) is 3.07. The molecule has 108 valence electrons. The van der Waals surface area contributed by atoms with E-state index >= 15 is 0 Å². The van der Waals surface area contributed by atoms with Gasteiger partial charge in [0.05, 0.1) is 31.2 Å². The molecule has 2 aromatic rings. The summed E-state index contributed by atoms with van der Waals surface area (Å²) in [5, 5.41) is 3.38.